The molecule has 34 heavy (non-hydrogen) atoms. The van der Waals surface area contributed by atoms with Gasteiger partial charge in [-0.15, -0.1) is 0 Å². The standard InChI is InChI=1S/C29H31F2N3/c30-22-7-10-24(11-8-22)34-28-12-9-23(31)19-25(28)26-20-32(17-14-29(26)34)15-3-4-16-33-18-13-21-5-1-2-6-27(21)33/h1-2,5-12,19,26,29H,3-4,13-18,20H2. The maximum Gasteiger partial charge on any atom is 0.123 e. The van der Waals surface area contributed by atoms with Crippen LogP contribution in [0.5, 0.6) is 0 Å². The first-order valence-corrected chi connectivity index (χ1v) is 12.6. The molecule has 0 saturated carbocycles. The van der Waals surface area contributed by atoms with Gasteiger partial charge in [0.1, 0.15) is 11.6 Å². The van der Waals surface area contributed by atoms with E-state index in [-0.39, 0.29) is 17.6 Å². The zero-order valence-electron chi connectivity index (χ0n) is 19.5. The van der Waals surface area contributed by atoms with Gasteiger partial charge in [0.15, 0.2) is 0 Å². The molecule has 176 valence electrons. The number of benzene rings is 3. The number of nitrogens with zero attached hydrogens (tertiary/aromatic N) is 3. The second kappa shape index (κ2) is 9.03. The minimum Gasteiger partial charge on any atom is -0.371 e. The van der Waals surface area contributed by atoms with Crippen molar-refractivity contribution in [2.75, 3.05) is 42.5 Å². The predicted molar refractivity (Wildman–Crippen MR) is 134 cm³/mol. The maximum atomic E-state index is 14.2. The van der Waals surface area contributed by atoms with E-state index in [0.717, 1.165) is 62.5 Å². The molecular weight excluding hydrogens is 428 g/mol. The van der Waals surface area contributed by atoms with Crippen molar-refractivity contribution < 1.29 is 8.78 Å². The second-order valence-corrected chi connectivity index (χ2v) is 9.89. The molecule has 3 aliphatic heterocycles. The minimum atomic E-state index is -0.230. The Morgan fingerprint density at radius 1 is 0.794 bits per heavy atom. The number of para-hydroxylation sites is 1. The Kier molecular flexibility index (Phi) is 5.74. The second-order valence-electron chi connectivity index (χ2n) is 9.89. The SMILES string of the molecule is Fc1ccc(N2c3ccc(F)cc3C3CN(CCCCN4CCc5ccccc54)CCC32)cc1. The molecule has 6 rings (SSSR count). The lowest BCUT2D eigenvalue weighted by molar-refractivity contribution is 0.194. The summed E-state index contributed by atoms with van der Waals surface area (Å²) in [6.07, 6.45) is 4.54. The van der Waals surface area contributed by atoms with Gasteiger partial charge >= 0.3 is 0 Å². The summed E-state index contributed by atoms with van der Waals surface area (Å²) in [5.74, 6) is -0.137. The Balaban J connectivity index is 1.11. The molecule has 2 atom stereocenters. The number of unbranched alkanes of at least 4 members (excludes halogenated alkanes) is 1. The van der Waals surface area contributed by atoms with Gasteiger partial charge < -0.3 is 14.7 Å². The van der Waals surface area contributed by atoms with Crippen molar-refractivity contribution in [1.29, 1.82) is 0 Å². The van der Waals surface area contributed by atoms with E-state index in [4.69, 9.17) is 0 Å². The number of likely N-dealkylation sites (tertiary alicyclic amines) is 1. The van der Waals surface area contributed by atoms with Crippen molar-refractivity contribution in [2.45, 2.75) is 37.6 Å². The first-order valence-electron chi connectivity index (χ1n) is 12.6. The van der Waals surface area contributed by atoms with Gasteiger partial charge in [-0.1, -0.05) is 18.2 Å². The van der Waals surface area contributed by atoms with Crippen LogP contribution < -0.4 is 9.80 Å². The van der Waals surface area contributed by atoms with Crippen LogP contribution in [0.1, 0.15) is 36.3 Å². The molecule has 3 aromatic carbocycles. The number of anilines is 3. The molecule has 0 amide bonds. The topological polar surface area (TPSA) is 9.72 Å². The first kappa shape index (κ1) is 21.6. The summed E-state index contributed by atoms with van der Waals surface area (Å²) in [5, 5.41) is 0. The van der Waals surface area contributed by atoms with E-state index in [1.165, 1.54) is 36.2 Å². The Labute approximate surface area is 200 Å². The highest BCUT2D eigenvalue weighted by atomic mass is 19.1. The monoisotopic (exact) mass is 459 g/mol. The van der Waals surface area contributed by atoms with Crippen molar-refractivity contribution in [1.82, 2.24) is 4.90 Å². The Morgan fingerprint density at radius 3 is 2.47 bits per heavy atom. The molecular formula is C29H31F2N3. The van der Waals surface area contributed by atoms with Crippen molar-refractivity contribution in [3.63, 3.8) is 0 Å². The maximum absolute atomic E-state index is 14.2. The highest BCUT2D eigenvalue weighted by Crippen LogP contribution is 2.48. The van der Waals surface area contributed by atoms with Crippen LogP contribution in [0.2, 0.25) is 0 Å². The van der Waals surface area contributed by atoms with Gasteiger partial charge in [-0.05, 0) is 91.9 Å². The van der Waals surface area contributed by atoms with E-state index >= 15 is 0 Å². The molecule has 0 spiro atoms. The van der Waals surface area contributed by atoms with Crippen molar-refractivity contribution >= 4 is 17.1 Å². The van der Waals surface area contributed by atoms with Crippen LogP contribution in [0.25, 0.3) is 0 Å². The predicted octanol–water partition coefficient (Wildman–Crippen LogP) is 6.12. The molecule has 5 heteroatoms. The first-order chi connectivity index (χ1) is 16.7. The van der Waals surface area contributed by atoms with Gasteiger partial charge in [-0.3, -0.25) is 0 Å². The van der Waals surface area contributed by atoms with E-state index in [2.05, 4.69) is 39.0 Å². The average Bonchev–Trinajstić information content (AvgIpc) is 3.41. The fraction of sp³-hybridized carbons (Fsp3) is 0.379. The fourth-order valence-corrected chi connectivity index (χ4v) is 6.25. The lowest BCUT2D eigenvalue weighted by atomic mass is 9.89. The molecule has 0 radical (unpaired) electrons. The van der Waals surface area contributed by atoms with Crippen LogP contribution in [0, 0.1) is 11.6 Å². The molecule has 0 bridgehead atoms. The largest absolute Gasteiger partial charge is 0.371 e. The number of hydrogen-bond donors (Lipinski definition) is 0. The van der Waals surface area contributed by atoms with Gasteiger partial charge in [0, 0.05) is 55.2 Å². The highest BCUT2D eigenvalue weighted by molar-refractivity contribution is 5.73. The van der Waals surface area contributed by atoms with Gasteiger partial charge in [0.25, 0.3) is 0 Å². The van der Waals surface area contributed by atoms with Crippen LogP contribution in [-0.2, 0) is 6.42 Å². The quantitative estimate of drug-likeness (QED) is 0.412. The summed E-state index contributed by atoms with van der Waals surface area (Å²) in [5.41, 5.74) is 6.03. The average molecular weight is 460 g/mol. The summed E-state index contributed by atoms with van der Waals surface area (Å²) >= 11 is 0. The van der Waals surface area contributed by atoms with Crippen LogP contribution in [0.3, 0.4) is 0 Å². The Morgan fingerprint density at radius 2 is 1.59 bits per heavy atom. The third-order valence-electron chi connectivity index (χ3n) is 7.88. The van der Waals surface area contributed by atoms with Gasteiger partial charge in [-0.2, -0.15) is 0 Å². The number of fused-ring (bicyclic) bond motifs is 4. The number of rotatable bonds is 6. The zero-order chi connectivity index (χ0) is 23.1. The van der Waals surface area contributed by atoms with Crippen LogP contribution in [0.15, 0.2) is 66.7 Å². The van der Waals surface area contributed by atoms with Gasteiger partial charge in [0.2, 0.25) is 0 Å². The summed E-state index contributed by atoms with van der Waals surface area (Å²) < 4.78 is 27.8. The molecule has 0 aromatic heterocycles. The van der Waals surface area contributed by atoms with Crippen LogP contribution >= 0.6 is 0 Å². The number of hydrogen-bond acceptors (Lipinski definition) is 3. The molecule has 1 fully saturated rings. The third kappa shape index (κ3) is 3.96. The molecule has 1 saturated heterocycles. The van der Waals surface area contributed by atoms with Crippen LogP contribution in [-0.4, -0.2) is 43.7 Å². The molecule has 3 nitrogen and oxygen atoms in total. The van der Waals surface area contributed by atoms with Crippen LogP contribution in [0.4, 0.5) is 25.8 Å². The van der Waals surface area contributed by atoms with E-state index in [0.29, 0.717) is 6.04 Å². The van der Waals surface area contributed by atoms with Gasteiger partial charge in [-0.25, -0.2) is 8.78 Å². The number of halogens is 2. The third-order valence-corrected chi connectivity index (χ3v) is 7.88. The lowest BCUT2D eigenvalue weighted by Gasteiger charge is -2.39. The fourth-order valence-electron chi connectivity index (χ4n) is 6.25. The van der Waals surface area contributed by atoms with Crippen molar-refractivity contribution in [3.05, 3.63) is 89.5 Å². The van der Waals surface area contributed by atoms with E-state index in [9.17, 15) is 8.78 Å². The summed E-state index contributed by atoms with van der Waals surface area (Å²) in [7, 11) is 0. The molecule has 2 unspecified atom stereocenters. The smallest absolute Gasteiger partial charge is 0.123 e. The highest BCUT2D eigenvalue weighted by Gasteiger charge is 2.42. The van der Waals surface area contributed by atoms with Crippen molar-refractivity contribution in [3.8, 4) is 0 Å². The van der Waals surface area contributed by atoms with E-state index < -0.39 is 0 Å². The summed E-state index contributed by atoms with van der Waals surface area (Å²) in [4.78, 5) is 7.39. The number of piperidine rings is 1. The summed E-state index contributed by atoms with van der Waals surface area (Å²) in [6, 6.07) is 20.9. The summed E-state index contributed by atoms with van der Waals surface area (Å²) in [6.45, 7) is 5.32. The van der Waals surface area contributed by atoms with E-state index in [1.807, 2.05) is 18.2 Å². The molecule has 0 aliphatic carbocycles. The zero-order valence-corrected chi connectivity index (χ0v) is 19.5. The van der Waals surface area contributed by atoms with Gasteiger partial charge in [0.05, 0.1) is 0 Å². The normalized spacial score (nSPS) is 21.5. The minimum absolute atomic E-state index is 0.179. The molecule has 3 heterocycles. The molecule has 0 N–H and O–H groups in total. The molecule has 3 aromatic rings. The Bertz CT molecular complexity index is 1160. The van der Waals surface area contributed by atoms with Crippen molar-refractivity contribution in [2.24, 2.45) is 0 Å². The van der Waals surface area contributed by atoms with E-state index in [1.54, 1.807) is 12.1 Å². The lowest BCUT2D eigenvalue weighted by Crippen LogP contribution is -2.45. The Hall–Kier alpha value is -2.92. The molecule has 3 aliphatic rings.